The first-order valence-electron chi connectivity index (χ1n) is 6.03. The van der Waals surface area contributed by atoms with Crippen molar-refractivity contribution in [2.45, 2.75) is 38.6 Å². The fraction of sp³-hybridized carbons (Fsp3) is 0.917. The Morgan fingerprint density at radius 2 is 2.00 bits per heavy atom. The Balaban J connectivity index is 2.28. The van der Waals surface area contributed by atoms with E-state index in [9.17, 15) is 4.79 Å². The maximum Gasteiger partial charge on any atom is 0.241 e. The average molecular weight is 228 g/mol. The molecule has 0 aliphatic carbocycles. The lowest BCUT2D eigenvalue weighted by atomic mass is 9.96. The molecule has 0 atom stereocenters. The van der Waals surface area contributed by atoms with Crippen LogP contribution in [0.25, 0.3) is 0 Å². The van der Waals surface area contributed by atoms with Gasteiger partial charge in [-0.25, -0.2) is 0 Å². The first-order valence-corrected chi connectivity index (χ1v) is 6.03. The van der Waals surface area contributed by atoms with Crippen LogP contribution < -0.4 is 5.73 Å². The van der Waals surface area contributed by atoms with Crippen LogP contribution in [-0.4, -0.2) is 43.2 Å². The minimum absolute atomic E-state index is 0.0135. The van der Waals surface area contributed by atoms with Crippen LogP contribution in [-0.2, 0) is 9.53 Å². The number of nitrogens with two attached hydrogens (primary N) is 1. The van der Waals surface area contributed by atoms with E-state index in [0.29, 0.717) is 5.92 Å². The Morgan fingerprint density at radius 1 is 1.44 bits per heavy atom. The number of nitrogens with zero attached hydrogens (tertiary/aromatic N) is 1. The van der Waals surface area contributed by atoms with Crippen molar-refractivity contribution in [3.63, 3.8) is 0 Å². The molecule has 1 heterocycles. The summed E-state index contributed by atoms with van der Waals surface area (Å²) in [5.41, 5.74) is 5.02. The van der Waals surface area contributed by atoms with Crippen LogP contribution >= 0.6 is 0 Å². The van der Waals surface area contributed by atoms with Crippen molar-refractivity contribution in [3.8, 4) is 0 Å². The predicted molar refractivity (Wildman–Crippen MR) is 64.1 cm³/mol. The van der Waals surface area contributed by atoms with Gasteiger partial charge in [0.1, 0.15) is 0 Å². The van der Waals surface area contributed by atoms with Gasteiger partial charge in [-0.1, -0.05) is 0 Å². The molecule has 1 saturated heterocycles. The second-order valence-electron chi connectivity index (χ2n) is 5.29. The molecule has 0 spiro atoms. The van der Waals surface area contributed by atoms with Crippen molar-refractivity contribution >= 4 is 5.91 Å². The van der Waals surface area contributed by atoms with Crippen LogP contribution in [0.2, 0.25) is 0 Å². The van der Waals surface area contributed by atoms with Crippen molar-refractivity contribution in [3.05, 3.63) is 0 Å². The molecule has 1 aliphatic heterocycles. The summed E-state index contributed by atoms with van der Waals surface area (Å²) in [7, 11) is 1.83. The minimum atomic E-state index is -0.759. The van der Waals surface area contributed by atoms with E-state index in [2.05, 4.69) is 0 Å². The molecule has 0 bridgehead atoms. The molecule has 1 amide bonds. The number of rotatable bonds is 4. The number of amides is 1. The number of carbonyl (C=O) groups excluding carboxylic acids is 1. The van der Waals surface area contributed by atoms with E-state index >= 15 is 0 Å². The second-order valence-corrected chi connectivity index (χ2v) is 5.29. The number of hydrogen-bond donors (Lipinski definition) is 1. The molecule has 1 rings (SSSR count). The molecular weight excluding hydrogens is 204 g/mol. The molecule has 1 fully saturated rings. The standard InChI is InChI=1S/C12H24N2O2/c1-12(2,13)11(15)14(3)7-4-10-5-8-16-9-6-10/h10H,4-9,13H2,1-3H3. The largest absolute Gasteiger partial charge is 0.381 e. The summed E-state index contributed by atoms with van der Waals surface area (Å²) in [5, 5.41) is 0. The minimum Gasteiger partial charge on any atom is -0.381 e. The molecule has 2 N–H and O–H groups in total. The number of hydrogen-bond acceptors (Lipinski definition) is 3. The van der Waals surface area contributed by atoms with Crippen LogP contribution in [0.5, 0.6) is 0 Å². The molecule has 4 heteroatoms. The van der Waals surface area contributed by atoms with E-state index in [1.165, 1.54) is 0 Å². The van der Waals surface area contributed by atoms with Crippen molar-refractivity contribution in [2.75, 3.05) is 26.8 Å². The Kier molecular flexibility index (Phi) is 4.74. The van der Waals surface area contributed by atoms with Crippen molar-refractivity contribution < 1.29 is 9.53 Å². The van der Waals surface area contributed by atoms with Crippen molar-refractivity contribution in [1.29, 1.82) is 0 Å². The highest BCUT2D eigenvalue weighted by molar-refractivity contribution is 5.84. The van der Waals surface area contributed by atoms with E-state index in [0.717, 1.165) is 39.0 Å². The van der Waals surface area contributed by atoms with E-state index in [4.69, 9.17) is 10.5 Å². The zero-order chi connectivity index (χ0) is 12.2. The third-order valence-electron chi connectivity index (χ3n) is 3.11. The molecule has 0 radical (unpaired) electrons. The zero-order valence-corrected chi connectivity index (χ0v) is 10.7. The van der Waals surface area contributed by atoms with Gasteiger partial charge in [0.25, 0.3) is 0 Å². The summed E-state index contributed by atoms with van der Waals surface area (Å²) >= 11 is 0. The highest BCUT2D eigenvalue weighted by Gasteiger charge is 2.26. The van der Waals surface area contributed by atoms with Crippen LogP contribution in [0.3, 0.4) is 0 Å². The maximum absolute atomic E-state index is 11.8. The van der Waals surface area contributed by atoms with Gasteiger partial charge in [0.15, 0.2) is 0 Å². The molecule has 0 saturated carbocycles. The fourth-order valence-electron chi connectivity index (χ4n) is 2.00. The topological polar surface area (TPSA) is 55.6 Å². The fourth-order valence-corrected chi connectivity index (χ4v) is 2.00. The van der Waals surface area contributed by atoms with Gasteiger partial charge in [-0.15, -0.1) is 0 Å². The Morgan fingerprint density at radius 3 is 2.50 bits per heavy atom. The zero-order valence-electron chi connectivity index (χ0n) is 10.7. The number of carbonyl (C=O) groups is 1. The lowest BCUT2D eigenvalue weighted by Gasteiger charge is -2.28. The van der Waals surface area contributed by atoms with Crippen molar-refractivity contribution in [1.82, 2.24) is 4.90 Å². The predicted octanol–water partition coefficient (Wildman–Crippen LogP) is 0.999. The van der Waals surface area contributed by atoms with Crippen LogP contribution in [0.4, 0.5) is 0 Å². The summed E-state index contributed by atoms with van der Waals surface area (Å²) in [6.07, 6.45) is 3.30. The van der Waals surface area contributed by atoms with Crippen molar-refractivity contribution in [2.24, 2.45) is 11.7 Å². The second kappa shape index (κ2) is 5.64. The van der Waals surface area contributed by atoms with Gasteiger partial charge < -0.3 is 15.4 Å². The number of ether oxygens (including phenoxy) is 1. The summed E-state index contributed by atoms with van der Waals surface area (Å²) in [5.74, 6) is 0.712. The Bertz CT molecular complexity index is 230. The molecule has 16 heavy (non-hydrogen) atoms. The van der Waals surface area contributed by atoms with Gasteiger partial charge in [0.2, 0.25) is 5.91 Å². The normalized spacial score (nSPS) is 18.5. The van der Waals surface area contributed by atoms with Gasteiger partial charge in [-0.2, -0.15) is 0 Å². The van der Waals surface area contributed by atoms with Crippen LogP contribution in [0, 0.1) is 5.92 Å². The SMILES string of the molecule is CN(CCC1CCOCC1)C(=O)C(C)(C)N. The molecule has 94 valence electrons. The van der Waals surface area contributed by atoms with Gasteiger partial charge >= 0.3 is 0 Å². The molecule has 4 nitrogen and oxygen atoms in total. The lowest BCUT2D eigenvalue weighted by molar-refractivity contribution is -0.134. The molecule has 0 unspecified atom stereocenters. The van der Waals surface area contributed by atoms with Crippen LogP contribution in [0.1, 0.15) is 33.1 Å². The quantitative estimate of drug-likeness (QED) is 0.781. The first kappa shape index (κ1) is 13.5. The Hall–Kier alpha value is -0.610. The van der Waals surface area contributed by atoms with E-state index in [-0.39, 0.29) is 5.91 Å². The third kappa shape index (κ3) is 4.10. The summed E-state index contributed by atoms with van der Waals surface area (Å²) < 4.78 is 5.31. The number of likely N-dealkylation sites (N-methyl/N-ethyl adjacent to an activating group) is 1. The van der Waals surface area contributed by atoms with Gasteiger partial charge in [0.05, 0.1) is 5.54 Å². The molecule has 1 aliphatic rings. The van der Waals surface area contributed by atoms with E-state index in [1.807, 2.05) is 7.05 Å². The molecular formula is C12H24N2O2. The summed E-state index contributed by atoms with van der Waals surface area (Å²) in [4.78, 5) is 13.6. The Labute approximate surface area is 98.1 Å². The maximum atomic E-state index is 11.8. The van der Waals surface area contributed by atoms with Gasteiger partial charge in [-0.05, 0) is 39.0 Å². The van der Waals surface area contributed by atoms with E-state index < -0.39 is 5.54 Å². The highest BCUT2D eigenvalue weighted by Crippen LogP contribution is 2.18. The van der Waals surface area contributed by atoms with Gasteiger partial charge in [0, 0.05) is 26.8 Å². The summed E-state index contributed by atoms with van der Waals surface area (Å²) in [6, 6.07) is 0. The third-order valence-corrected chi connectivity index (χ3v) is 3.11. The molecule has 0 aromatic rings. The van der Waals surface area contributed by atoms with E-state index in [1.54, 1.807) is 18.7 Å². The lowest BCUT2D eigenvalue weighted by Crippen LogP contribution is -2.50. The molecule has 0 aromatic carbocycles. The first-order chi connectivity index (χ1) is 7.41. The smallest absolute Gasteiger partial charge is 0.241 e. The average Bonchev–Trinajstić information content (AvgIpc) is 2.25. The molecule has 0 aromatic heterocycles. The van der Waals surface area contributed by atoms with Gasteiger partial charge in [-0.3, -0.25) is 4.79 Å². The highest BCUT2D eigenvalue weighted by atomic mass is 16.5. The summed E-state index contributed by atoms with van der Waals surface area (Å²) in [6.45, 7) is 6.03. The van der Waals surface area contributed by atoms with Crippen LogP contribution in [0.15, 0.2) is 0 Å². The monoisotopic (exact) mass is 228 g/mol.